The molecule has 1 heterocycles. The monoisotopic (exact) mass is 419 g/mol. The Hall–Kier alpha value is -4.00. The fourth-order valence-corrected chi connectivity index (χ4v) is 2.98. The molecule has 0 aliphatic carbocycles. The highest BCUT2D eigenvalue weighted by Crippen LogP contribution is 2.32. The van der Waals surface area contributed by atoms with Gasteiger partial charge in [-0.15, -0.1) is 0 Å². The van der Waals surface area contributed by atoms with Gasteiger partial charge in [-0.3, -0.25) is 4.79 Å². The van der Waals surface area contributed by atoms with Gasteiger partial charge in [0.1, 0.15) is 11.5 Å². The van der Waals surface area contributed by atoms with Crippen LogP contribution in [0, 0.1) is 0 Å². The van der Waals surface area contributed by atoms with Crippen LogP contribution in [0.4, 0.5) is 0 Å². The Morgan fingerprint density at radius 1 is 0.935 bits per heavy atom. The number of fused-ring (bicyclic) bond motifs is 1. The largest absolute Gasteiger partial charge is 0.457 e. The number of ether oxygens (including phenoxy) is 4. The van der Waals surface area contributed by atoms with E-state index in [1.807, 2.05) is 36.4 Å². The van der Waals surface area contributed by atoms with E-state index in [0.717, 1.165) is 5.56 Å². The fourth-order valence-electron chi connectivity index (χ4n) is 2.98. The van der Waals surface area contributed by atoms with Crippen molar-refractivity contribution in [2.75, 3.05) is 6.79 Å². The Morgan fingerprint density at radius 2 is 1.71 bits per heavy atom. The number of carbonyl (C=O) groups is 2. The van der Waals surface area contributed by atoms with Crippen molar-refractivity contribution in [1.29, 1.82) is 0 Å². The van der Waals surface area contributed by atoms with Crippen molar-refractivity contribution in [2.24, 2.45) is 0 Å². The van der Waals surface area contributed by atoms with Gasteiger partial charge in [0.2, 0.25) is 6.79 Å². The lowest BCUT2D eigenvalue weighted by Gasteiger charge is -2.14. The number of esters is 1. The highest BCUT2D eigenvalue weighted by atomic mass is 16.7. The molecule has 31 heavy (non-hydrogen) atoms. The van der Waals surface area contributed by atoms with Crippen LogP contribution < -0.4 is 19.5 Å². The minimum atomic E-state index is -0.958. The number of para-hydroxylation sites is 1. The zero-order valence-electron chi connectivity index (χ0n) is 16.9. The van der Waals surface area contributed by atoms with Crippen LogP contribution in [0.5, 0.6) is 23.0 Å². The fraction of sp³-hybridized carbons (Fsp3) is 0.167. The second kappa shape index (κ2) is 9.21. The Kier molecular flexibility index (Phi) is 6.03. The topological polar surface area (TPSA) is 83.1 Å². The molecular formula is C24H21NO6. The van der Waals surface area contributed by atoms with E-state index in [0.29, 0.717) is 28.6 Å². The number of nitrogens with one attached hydrogen (secondary N) is 1. The van der Waals surface area contributed by atoms with E-state index in [2.05, 4.69) is 5.32 Å². The van der Waals surface area contributed by atoms with Crippen molar-refractivity contribution in [3.8, 4) is 23.0 Å². The predicted octanol–water partition coefficient (Wildman–Crippen LogP) is 4.07. The summed E-state index contributed by atoms with van der Waals surface area (Å²) in [4.78, 5) is 24.8. The van der Waals surface area contributed by atoms with Gasteiger partial charge in [-0.2, -0.15) is 0 Å². The quantitative estimate of drug-likeness (QED) is 0.582. The normalized spacial score (nSPS) is 12.7. The first-order chi connectivity index (χ1) is 15.1. The minimum Gasteiger partial charge on any atom is -0.457 e. The van der Waals surface area contributed by atoms with E-state index in [1.165, 1.54) is 6.92 Å². The molecule has 0 saturated heterocycles. The van der Waals surface area contributed by atoms with Gasteiger partial charge in [0.05, 0.1) is 5.56 Å². The SMILES string of the molecule is C[C@H](OC(=O)c1cccc(Oc2ccccc2)c1)C(=O)NCc1ccc2c(c1)OCO2. The first-order valence-electron chi connectivity index (χ1n) is 9.79. The van der Waals surface area contributed by atoms with E-state index in [-0.39, 0.29) is 13.3 Å². The predicted molar refractivity (Wildman–Crippen MR) is 112 cm³/mol. The summed E-state index contributed by atoms with van der Waals surface area (Å²) in [5, 5.41) is 2.75. The molecular weight excluding hydrogens is 398 g/mol. The van der Waals surface area contributed by atoms with Crippen LogP contribution in [-0.2, 0) is 16.1 Å². The average Bonchev–Trinajstić information content (AvgIpc) is 3.26. The molecule has 0 fully saturated rings. The molecule has 1 N–H and O–H groups in total. The molecule has 1 amide bonds. The first kappa shape index (κ1) is 20.3. The standard InChI is InChI=1S/C24H21NO6/c1-16(23(26)25-14-17-10-11-21-22(12-17)29-15-28-21)30-24(27)18-6-5-9-20(13-18)31-19-7-3-2-4-8-19/h2-13,16H,14-15H2,1H3,(H,25,26)/t16-/m0/s1. The molecule has 4 rings (SSSR count). The molecule has 3 aromatic rings. The number of hydrogen-bond donors (Lipinski definition) is 1. The van der Waals surface area contributed by atoms with Gasteiger partial charge in [0.25, 0.3) is 5.91 Å². The molecule has 3 aromatic carbocycles. The maximum absolute atomic E-state index is 12.5. The van der Waals surface area contributed by atoms with Crippen molar-refractivity contribution >= 4 is 11.9 Å². The summed E-state index contributed by atoms with van der Waals surface area (Å²) in [6.07, 6.45) is -0.958. The maximum atomic E-state index is 12.5. The zero-order valence-corrected chi connectivity index (χ0v) is 16.9. The van der Waals surface area contributed by atoms with Crippen LogP contribution in [0.1, 0.15) is 22.8 Å². The van der Waals surface area contributed by atoms with Crippen LogP contribution in [-0.4, -0.2) is 24.8 Å². The van der Waals surface area contributed by atoms with Crippen LogP contribution in [0.25, 0.3) is 0 Å². The highest BCUT2D eigenvalue weighted by Gasteiger charge is 2.20. The van der Waals surface area contributed by atoms with Crippen molar-refractivity contribution in [2.45, 2.75) is 19.6 Å². The van der Waals surface area contributed by atoms with E-state index < -0.39 is 18.0 Å². The summed E-state index contributed by atoms with van der Waals surface area (Å²) >= 11 is 0. The third kappa shape index (κ3) is 5.14. The number of hydrogen-bond acceptors (Lipinski definition) is 6. The Morgan fingerprint density at radius 3 is 2.55 bits per heavy atom. The van der Waals surface area contributed by atoms with Crippen LogP contribution in [0.15, 0.2) is 72.8 Å². The lowest BCUT2D eigenvalue weighted by Crippen LogP contribution is -2.35. The molecule has 158 valence electrons. The van der Waals surface area contributed by atoms with Crippen LogP contribution in [0.3, 0.4) is 0 Å². The Balaban J connectivity index is 1.31. The van der Waals surface area contributed by atoms with Gasteiger partial charge in [0.15, 0.2) is 17.6 Å². The van der Waals surface area contributed by atoms with Crippen LogP contribution >= 0.6 is 0 Å². The molecule has 7 heteroatoms. The van der Waals surface area contributed by atoms with Gasteiger partial charge >= 0.3 is 5.97 Å². The summed E-state index contributed by atoms with van der Waals surface area (Å²) in [5.41, 5.74) is 1.14. The molecule has 7 nitrogen and oxygen atoms in total. The molecule has 0 radical (unpaired) electrons. The molecule has 0 bridgehead atoms. The Labute approximate surface area is 179 Å². The van der Waals surface area contributed by atoms with Crippen molar-refractivity contribution in [1.82, 2.24) is 5.32 Å². The van der Waals surface area contributed by atoms with Gasteiger partial charge < -0.3 is 24.3 Å². The lowest BCUT2D eigenvalue weighted by molar-refractivity contribution is -0.129. The molecule has 1 atom stereocenters. The summed E-state index contributed by atoms with van der Waals surface area (Å²) < 4.78 is 21.6. The van der Waals surface area contributed by atoms with Crippen molar-refractivity contribution in [3.05, 3.63) is 83.9 Å². The summed E-state index contributed by atoms with van der Waals surface area (Å²) in [6.45, 7) is 1.99. The van der Waals surface area contributed by atoms with Crippen molar-refractivity contribution in [3.63, 3.8) is 0 Å². The molecule has 0 spiro atoms. The smallest absolute Gasteiger partial charge is 0.339 e. The molecule has 0 aromatic heterocycles. The van der Waals surface area contributed by atoms with E-state index in [9.17, 15) is 9.59 Å². The van der Waals surface area contributed by atoms with Gasteiger partial charge in [-0.1, -0.05) is 30.3 Å². The zero-order chi connectivity index (χ0) is 21.6. The summed E-state index contributed by atoms with van der Waals surface area (Å²) in [7, 11) is 0. The molecule has 1 aliphatic rings. The number of rotatable bonds is 7. The van der Waals surface area contributed by atoms with E-state index in [4.69, 9.17) is 18.9 Å². The van der Waals surface area contributed by atoms with E-state index in [1.54, 1.807) is 36.4 Å². The van der Waals surface area contributed by atoms with E-state index >= 15 is 0 Å². The number of carbonyl (C=O) groups excluding carboxylic acids is 2. The number of benzene rings is 3. The first-order valence-corrected chi connectivity index (χ1v) is 9.79. The van der Waals surface area contributed by atoms with Gasteiger partial charge in [-0.05, 0) is 55.0 Å². The highest BCUT2D eigenvalue weighted by molar-refractivity contribution is 5.92. The minimum absolute atomic E-state index is 0.190. The van der Waals surface area contributed by atoms with Gasteiger partial charge in [-0.25, -0.2) is 4.79 Å². The summed E-state index contributed by atoms with van der Waals surface area (Å²) in [6, 6.07) is 21.3. The van der Waals surface area contributed by atoms with Gasteiger partial charge in [0, 0.05) is 6.54 Å². The lowest BCUT2D eigenvalue weighted by atomic mass is 10.2. The van der Waals surface area contributed by atoms with Crippen molar-refractivity contribution < 1.29 is 28.5 Å². The maximum Gasteiger partial charge on any atom is 0.339 e. The van der Waals surface area contributed by atoms with Crippen LogP contribution in [0.2, 0.25) is 0 Å². The molecule has 0 saturated carbocycles. The third-order valence-corrected chi connectivity index (χ3v) is 4.61. The molecule has 1 aliphatic heterocycles. The third-order valence-electron chi connectivity index (χ3n) is 4.61. The Bertz CT molecular complexity index is 1080. The second-order valence-electron chi connectivity index (χ2n) is 6.90. The summed E-state index contributed by atoms with van der Waals surface area (Å²) in [5.74, 6) is 1.47. The average molecular weight is 419 g/mol. The number of amides is 1. The second-order valence-corrected chi connectivity index (χ2v) is 6.90. The molecule has 0 unspecified atom stereocenters.